The maximum absolute atomic E-state index is 12.5. The molecule has 0 amide bonds. The third kappa shape index (κ3) is 3.86. The van der Waals surface area contributed by atoms with Gasteiger partial charge < -0.3 is 0 Å². The molecule has 0 spiro atoms. The second-order valence-corrected chi connectivity index (χ2v) is 6.62. The number of carbonyl (C=O) groups excluding carboxylic acids is 1. The Morgan fingerprint density at radius 1 is 1.19 bits per heavy atom. The molecule has 21 heavy (non-hydrogen) atoms. The SMILES string of the molecule is CC1(C)CCCCC1C(=O)Cc1ccc(C(F)(F)F)cc1. The lowest BCUT2D eigenvalue weighted by molar-refractivity contribution is -0.137. The molecule has 1 unspecified atom stereocenters. The molecule has 1 atom stereocenters. The number of hydrogen-bond donors (Lipinski definition) is 0. The van der Waals surface area contributed by atoms with Crippen LogP contribution in [0.25, 0.3) is 0 Å². The molecule has 0 radical (unpaired) electrons. The summed E-state index contributed by atoms with van der Waals surface area (Å²) in [6.07, 6.45) is 0.0485. The van der Waals surface area contributed by atoms with Gasteiger partial charge in [0.25, 0.3) is 0 Å². The number of ketones is 1. The molecule has 0 N–H and O–H groups in total. The lowest BCUT2D eigenvalue weighted by atomic mass is 9.66. The van der Waals surface area contributed by atoms with Gasteiger partial charge in [-0.05, 0) is 36.0 Å². The number of alkyl halides is 3. The number of hydrogen-bond acceptors (Lipinski definition) is 1. The van der Waals surface area contributed by atoms with E-state index in [-0.39, 0.29) is 23.5 Å². The number of rotatable bonds is 3. The summed E-state index contributed by atoms with van der Waals surface area (Å²) in [5, 5.41) is 0. The first-order valence-corrected chi connectivity index (χ1v) is 7.39. The zero-order valence-corrected chi connectivity index (χ0v) is 12.5. The maximum Gasteiger partial charge on any atom is 0.416 e. The van der Waals surface area contributed by atoms with Crippen LogP contribution in [0.4, 0.5) is 13.2 Å². The molecular formula is C17H21F3O. The largest absolute Gasteiger partial charge is 0.416 e. The minimum atomic E-state index is -4.33. The van der Waals surface area contributed by atoms with Crippen LogP contribution >= 0.6 is 0 Å². The highest BCUT2D eigenvalue weighted by atomic mass is 19.4. The molecule has 1 aliphatic carbocycles. The molecule has 1 aliphatic rings. The van der Waals surface area contributed by atoms with E-state index in [1.165, 1.54) is 12.1 Å². The third-order valence-electron chi connectivity index (χ3n) is 4.56. The van der Waals surface area contributed by atoms with Crippen molar-refractivity contribution in [2.45, 2.75) is 52.1 Å². The Labute approximate surface area is 123 Å². The van der Waals surface area contributed by atoms with Gasteiger partial charge in [-0.3, -0.25) is 4.79 Å². The van der Waals surface area contributed by atoms with Crippen molar-refractivity contribution in [2.24, 2.45) is 11.3 Å². The highest BCUT2D eigenvalue weighted by Crippen LogP contribution is 2.41. The minimum absolute atomic E-state index is 0.00123. The fourth-order valence-corrected chi connectivity index (χ4v) is 3.23. The summed E-state index contributed by atoms with van der Waals surface area (Å²) in [6.45, 7) is 4.23. The lowest BCUT2D eigenvalue weighted by Gasteiger charge is -2.37. The Morgan fingerprint density at radius 2 is 1.81 bits per heavy atom. The van der Waals surface area contributed by atoms with Crippen LogP contribution in [0.2, 0.25) is 0 Å². The monoisotopic (exact) mass is 298 g/mol. The zero-order valence-electron chi connectivity index (χ0n) is 12.5. The molecule has 1 fully saturated rings. The van der Waals surface area contributed by atoms with Gasteiger partial charge in [0, 0.05) is 12.3 Å². The van der Waals surface area contributed by atoms with Gasteiger partial charge in [0.05, 0.1) is 5.56 Å². The molecule has 1 aromatic carbocycles. The van der Waals surface area contributed by atoms with Crippen molar-refractivity contribution in [3.8, 4) is 0 Å². The summed E-state index contributed by atoms with van der Waals surface area (Å²) in [5.74, 6) is 0.174. The summed E-state index contributed by atoms with van der Waals surface area (Å²) >= 11 is 0. The van der Waals surface area contributed by atoms with E-state index in [4.69, 9.17) is 0 Å². The molecule has 1 saturated carbocycles. The van der Waals surface area contributed by atoms with E-state index in [1.807, 2.05) is 0 Å². The minimum Gasteiger partial charge on any atom is -0.299 e. The first kappa shape index (κ1) is 16.1. The van der Waals surface area contributed by atoms with Crippen LogP contribution in [-0.4, -0.2) is 5.78 Å². The topological polar surface area (TPSA) is 17.1 Å². The van der Waals surface area contributed by atoms with Crippen molar-refractivity contribution in [1.82, 2.24) is 0 Å². The van der Waals surface area contributed by atoms with E-state index in [0.717, 1.165) is 37.8 Å². The van der Waals surface area contributed by atoms with Crippen molar-refractivity contribution in [2.75, 3.05) is 0 Å². The summed E-state index contributed by atoms with van der Waals surface area (Å²) < 4.78 is 37.5. The van der Waals surface area contributed by atoms with Crippen LogP contribution in [0.5, 0.6) is 0 Å². The second kappa shape index (κ2) is 5.82. The number of carbonyl (C=O) groups is 1. The van der Waals surface area contributed by atoms with Crippen LogP contribution < -0.4 is 0 Å². The molecular weight excluding hydrogens is 277 g/mol. The van der Waals surface area contributed by atoms with Crippen LogP contribution in [-0.2, 0) is 17.4 Å². The Kier molecular flexibility index (Phi) is 4.45. The van der Waals surface area contributed by atoms with Crippen molar-refractivity contribution < 1.29 is 18.0 Å². The average Bonchev–Trinajstić information content (AvgIpc) is 2.37. The summed E-state index contributed by atoms with van der Waals surface area (Å²) in [4.78, 5) is 12.4. The quantitative estimate of drug-likeness (QED) is 0.764. The Bertz CT molecular complexity index is 500. The molecule has 0 aliphatic heterocycles. The van der Waals surface area contributed by atoms with E-state index in [0.29, 0.717) is 5.56 Å². The predicted octanol–water partition coefficient (Wildman–Crippen LogP) is 5.03. The Balaban J connectivity index is 2.06. The van der Waals surface area contributed by atoms with Crippen LogP contribution in [0.15, 0.2) is 24.3 Å². The number of Topliss-reactive ketones (excluding diaryl/α,β-unsaturated/α-hetero) is 1. The van der Waals surface area contributed by atoms with Gasteiger partial charge in [0.1, 0.15) is 5.78 Å². The van der Waals surface area contributed by atoms with Gasteiger partial charge in [-0.25, -0.2) is 0 Å². The molecule has 4 heteroatoms. The molecule has 116 valence electrons. The third-order valence-corrected chi connectivity index (χ3v) is 4.56. The maximum atomic E-state index is 12.5. The first-order valence-electron chi connectivity index (χ1n) is 7.39. The van der Waals surface area contributed by atoms with Gasteiger partial charge in [0.2, 0.25) is 0 Å². The van der Waals surface area contributed by atoms with E-state index in [9.17, 15) is 18.0 Å². The van der Waals surface area contributed by atoms with Crippen molar-refractivity contribution >= 4 is 5.78 Å². The van der Waals surface area contributed by atoms with Crippen LogP contribution in [0, 0.1) is 11.3 Å². The van der Waals surface area contributed by atoms with Gasteiger partial charge in [0.15, 0.2) is 0 Å². The smallest absolute Gasteiger partial charge is 0.299 e. The number of halogens is 3. The van der Waals surface area contributed by atoms with Gasteiger partial charge in [-0.15, -0.1) is 0 Å². The van der Waals surface area contributed by atoms with E-state index in [2.05, 4.69) is 13.8 Å². The highest BCUT2D eigenvalue weighted by molar-refractivity contribution is 5.84. The first-order chi connectivity index (χ1) is 9.70. The highest BCUT2D eigenvalue weighted by Gasteiger charge is 2.36. The molecule has 0 saturated heterocycles. The molecule has 1 aromatic rings. The standard InChI is InChI=1S/C17H21F3O/c1-16(2)10-4-3-5-14(16)15(21)11-12-6-8-13(9-7-12)17(18,19)20/h6-9,14H,3-5,10-11H2,1-2H3. The lowest BCUT2D eigenvalue weighted by Crippen LogP contribution is -2.34. The average molecular weight is 298 g/mol. The number of benzene rings is 1. The van der Waals surface area contributed by atoms with E-state index in [1.54, 1.807) is 0 Å². The Hall–Kier alpha value is -1.32. The van der Waals surface area contributed by atoms with Gasteiger partial charge in [-0.2, -0.15) is 13.2 Å². The summed E-state index contributed by atoms with van der Waals surface area (Å²) in [7, 11) is 0. The molecule has 0 heterocycles. The predicted molar refractivity (Wildman–Crippen MR) is 75.9 cm³/mol. The molecule has 0 bridgehead atoms. The van der Waals surface area contributed by atoms with Crippen molar-refractivity contribution in [1.29, 1.82) is 0 Å². The van der Waals surface area contributed by atoms with Crippen molar-refractivity contribution in [3.05, 3.63) is 35.4 Å². The van der Waals surface area contributed by atoms with Gasteiger partial charge in [-0.1, -0.05) is 38.8 Å². The summed E-state index contributed by atoms with van der Waals surface area (Å²) in [5.41, 5.74) is -0.00704. The zero-order chi connectivity index (χ0) is 15.7. The second-order valence-electron chi connectivity index (χ2n) is 6.62. The molecule has 1 nitrogen and oxygen atoms in total. The van der Waals surface area contributed by atoms with Crippen LogP contribution in [0.3, 0.4) is 0 Å². The Morgan fingerprint density at radius 3 is 2.33 bits per heavy atom. The molecule has 0 aromatic heterocycles. The van der Waals surface area contributed by atoms with Crippen LogP contribution in [0.1, 0.15) is 50.7 Å². The summed E-state index contributed by atoms with van der Waals surface area (Å²) in [6, 6.07) is 4.93. The fraction of sp³-hybridized carbons (Fsp3) is 0.588. The van der Waals surface area contributed by atoms with Gasteiger partial charge >= 0.3 is 6.18 Å². The normalized spacial score (nSPS) is 22.0. The molecule has 2 rings (SSSR count). The van der Waals surface area contributed by atoms with E-state index < -0.39 is 11.7 Å². The van der Waals surface area contributed by atoms with E-state index >= 15 is 0 Å². The fourth-order valence-electron chi connectivity index (χ4n) is 3.23. The van der Waals surface area contributed by atoms with Crippen molar-refractivity contribution in [3.63, 3.8) is 0 Å².